The number of methoxy groups -OCH3 is 1. The minimum absolute atomic E-state index is 0.0158. The Labute approximate surface area is 208 Å². The van der Waals surface area contributed by atoms with E-state index in [-0.39, 0.29) is 45.3 Å². The maximum atomic E-state index is 13.2. The van der Waals surface area contributed by atoms with Gasteiger partial charge in [0.2, 0.25) is 0 Å². The highest BCUT2D eigenvalue weighted by molar-refractivity contribution is 6.46. The number of ketones is 1. The molecule has 2 aromatic carbocycles. The molecule has 2 fully saturated rings. The van der Waals surface area contributed by atoms with Crippen LogP contribution in [0.1, 0.15) is 30.0 Å². The fourth-order valence-electron chi connectivity index (χ4n) is 4.42. The third-order valence-electron chi connectivity index (χ3n) is 6.17. The van der Waals surface area contributed by atoms with E-state index in [4.69, 9.17) is 32.7 Å². The molecule has 0 aromatic heterocycles. The van der Waals surface area contributed by atoms with Gasteiger partial charge in [-0.25, -0.2) is 0 Å². The molecule has 0 spiro atoms. The first kappa shape index (κ1) is 24.4. The third-order valence-corrected chi connectivity index (χ3v) is 6.73. The summed E-state index contributed by atoms with van der Waals surface area (Å²) in [4.78, 5) is 29.8. The summed E-state index contributed by atoms with van der Waals surface area (Å²) in [6, 6.07) is 9.67. The van der Waals surface area contributed by atoms with Crippen LogP contribution in [0, 0.1) is 0 Å². The van der Waals surface area contributed by atoms with Gasteiger partial charge in [0.05, 0.1) is 34.9 Å². The van der Waals surface area contributed by atoms with Crippen molar-refractivity contribution in [2.24, 2.45) is 0 Å². The zero-order chi connectivity index (χ0) is 24.6. The number of amides is 1. The zero-order valence-corrected chi connectivity index (χ0v) is 20.7. The van der Waals surface area contributed by atoms with Gasteiger partial charge in [0, 0.05) is 38.5 Å². The first-order chi connectivity index (χ1) is 16.2. The van der Waals surface area contributed by atoms with Gasteiger partial charge in [-0.15, -0.1) is 0 Å². The number of hydrogen-bond acceptors (Lipinski definition) is 6. The number of nitrogens with zero attached hydrogens (tertiary/aromatic N) is 2. The van der Waals surface area contributed by atoms with E-state index in [1.807, 2.05) is 43.3 Å². The van der Waals surface area contributed by atoms with Gasteiger partial charge in [-0.2, -0.15) is 0 Å². The number of halogens is 2. The Morgan fingerprint density at radius 2 is 1.82 bits per heavy atom. The number of anilines is 1. The second kappa shape index (κ2) is 9.86. The second-order valence-corrected chi connectivity index (χ2v) is 9.36. The van der Waals surface area contributed by atoms with E-state index in [2.05, 4.69) is 0 Å². The van der Waals surface area contributed by atoms with E-state index in [1.165, 1.54) is 24.1 Å². The Morgan fingerprint density at radius 3 is 2.35 bits per heavy atom. The van der Waals surface area contributed by atoms with E-state index in [0.717, 1.165) is 18.5 Å². The van der Waals surface area contributed by atoms with Crippen LogP contribution in [-0.4, -0.2) is 62.2 Å². The van der Waals surface area contributed by atoms with Crippen molar-refractivity contribution in [1.82, 2.24) is 4.90 Å². The highest BCUT2D eigenvalue weighted by Crippen LogP contribution is 2.42. The maximum absolute atomic E-state index is 13.2. The van der Waals surface area contributed by atoms with Crippen LogP contribution in [0.2, 0.25) is 10.0 Å². The first-order valence-corrected chi connectivity index (χ1v) is 11.7. The first-order valence-electron chi connectivity index (χ1n) is 10.9. The molecule has 2 aliphatic heterocycles. The SMILES string of the molecule is COc1c(Cl)cc(/C(O)=C2\C(=O)C(=O)N(CC3CCCO3)C2c2ccc(N(C)C)cc2)cc1Cl. The number of rotatable bonds is 6. The lowest BCUT2D eigenvalue weighted by molar-refractivity contribution is -0.140. The zero-order valence-electron chi connectivity index (χ0n) is 19.2. The Hall–Kier alpha value is -2.74. The minimum atomic E-state index is -0.778. The molecule has 0 radical (unpaired) electrons. The summed E-state index contributed by atoms with van der Waals surface area (Å²) >= 11 is 12.5. The summed E-state index contributed by atoms with van der Waals surface area (Å²) in [6.45, 7) is 0.880. The quantitative estimate of drug-likeness (QED) is 0.349. The second-order valence-electron chi connectivity index (χ2n) is 8.55. The topological polar surface area (TPSA) is 79.3 Å². The molecule has 2 aromatic rings. The average molecular weight is 505 g/mol. The van der Waals surface area contributed by atoms with E-state index in [9.17, 15) is 14.7 Å². The van der Waals surface area contributed by atoms with Gasteiger partial charge in [0.25, 0.3) is 11.7 Å². The molecule has 2 aliphatic rings. The number of likely N-dealkylation sites (tertiary alicyclic amines) is 1. The van der Waals surface area contributed by atoms with Crippen molar-refractivity contribution in [1.29, 1.82) is 0 Å². The Kier molecular flexibility index (Phi) is 7.07. The number of aliphatic hydroxyl groups excluding tert-OH is 1. The van der Waals surface area contributed by atoms with E-state index in [0.29, 0.717) is 12.2 Å². The molecule has 0 aliphatic carbocycles. The molecule has 9 heteroatoms. The van der Waals surface area contributed by atoms with Gasteiger partial charge < -0.3 is 24.4 Å². The summed E-state index contributed by atoms with van der Waals surface area (Å²) in [5.41, 5.74) is 1.88. The molecule has 1 N–H and O–H groups in total. The Bertz CT molecular complexity index is 1120. The number of hydrogen-bond donors (Lipinski definition) is 1. The van der Waals surface area contributed by atoms with Crippen molar-refractivity contribution >= 4 is 46.3 Å². The molecular formula is C25H26Cl2N2O5. The lowest BCUT2D eigenvalue weighted by atomic mass is 9.95. The summed E-state index contributed by atoms with van der Waals surface area (Å²) in [6.07, 6.45) is 1.55. The number of aliphatic hydroxyl groups is 1. The Balaban J connectivity index is 1.84. The minimum Gasteiger partial charge on any atom is -0.507 e. The van der Waals surface area contributed by atoms with Crippen LogP contribution in [0.3, 0.4) is 0 Å². The number of ether oxygens (including phenoxy) is 2. The molecule has 0 bridgehead atoms. The molecule has 34 heavy (non-hydrogen) atoms. The van der Waals surface area contributed by atoms with Crippen LogP contribution in [0.15, 0.2) is 42.0 Å². The summed E-state index contributed by atoms with van der Waals surface area (Å²) < 4.78 is 10.9. The average Bonchev–Trinajstić information content (AvgIpc) is 3.41. The molecule has 1 amide bonds. The lowest BCUT2D eigenvalue weighted by Gasteiger charge is -2.28. The summed E-state index contributed by atoms with van der Waals surface area (Å²) in [5, 5.41) is 11.6. The van der Waals surface area contributed by atoms with Gasteiger partial charge in [0.1, 0.15) is 5.76 Å². The predicted octanol–water partition coefficient (Wildman–Crippen LogP) is 4.67. The smallest absolute Gasteiger partial charge is 0.295 e. The van der Waals surface area contributed by atoms with Crippen molar-refractivity contribution in [3.63, 3.8) is 0 Å². The normalized spacial score (nSPS) is 21.9. The largest absolute Gasteiger partial charge is 0.507 e. The van der Waals surface area contributed by atoms with Crippen molar-refractivity contribution in [3.05, 3.63) is 63.1 Å². The Morgan fingerprint density at radius 1 is 1.18 bits per heavy atom. The fraction of sp³-hybridized carbons (Fsp3) is 0.360. The van der Waals surface area contributed by atoms with Crippen LogP contribution >= 0.6 is 23.2 Å². The molecule has 180 valence electrons. The molecule has 7 nitrogen and oxygen atoms in total. The molecule has 4 rings (SSSR count). The van der Waals surface area contributed by atoms with Gasteiger partial charge >= 0.3 is 0 Å². The summed E-state index contributed by atoms with van der Waals surface area (Å²) in [7, 11) is 5.28. The van der Waals surface area contributed by atoms with Crippen molar-refractivity contribution in [3.8, 4) is 5.75 Å². The van der Waals surface area contributed by atoms with E-state index in [1.54, 1.807) is 0 Å². The standard InChI is InChI=1S/C25H26Cl2N2O5/c1-28(2)16-8-6-14(7-9-16)21-20(22(30)15-11-18(26)24(33-3)19(27)12-15)23(31)25(32)29(21)13-17-5-4-10-34-17/h6-9,11-12,17,21,30H,4-5,10,13H2,1-3H3/b22-20+. The van der Waals surface area contributed by atoms with Crippen LogP contribution < -0.4 is 9.64 Å². The van der Waals surface area contributed by atoms with E-state index >= 15 is 0 Å². The molecule has 2 heterocycles. The fourth-order valence-corrected chi connectivity index (χ4v) is 5.07. The van der Waals surface area contributed by atoms with Crippen LogP contribution in [0.5, 0.6) is 5.75 Å². The lowest BCUT2D eigenvalue weighted by Crippen LogP contribution is -2.36. The van der Waals surface area contributed by atoms with Crippen molar-refractivity contribution in [2.75, 3.05) is 39.3 Å². The van der Waals surface area contributed by atoms with Gasteiger partial charge in [-0.05, 0) is 42.7 Å². The highest BCUT2D eigenvalue weighted by Gasteiger charge is 2.47. The maximum Gasteiger partial charge on any atom is 0.295 e. The van der Waals surface area contributed by atoms with Crippen LogP contribution in [-0.2, 0) is 14.3 Å². The van der Waals surface area contributed by atoms with Crippen LogP contribution in [0.25, 0.3) is 5.76 Å². The van der Waals surface area contributed by atoms with Crippen molar-refractivity contribution < 1.29 is 24.2 Å². The number of Topliss-reactive ketones (excluding diaryl/α,β-unsaturated/α-hetero) is 1. The van der Waals surface area contributed by atoms with Gasteiger partial charge in [0.15, 0.2) is 5.75 Å². The monoisotopic (exact) mass is 504 g/mol. The number of carbonyl (C=O) groups excluding carboxylic acids is 2. The van der Waals surface area contributed by atoms with E-state index < -0.39 is 17.7 Å². The number of carbonyl (C=O) groups is 2. The molecule has 0 saturated carbocycles. The van der Waals surface area contributed by atoms with Gasteiger partial charge in [-0.1, -0.05) is 35.3 Å². The summed E-state index contributed by atoms with van der Waals surface area (Å²) in [5.74, 6) is -1.53. The molecular weight excluding hydrogens is 479 g/mol. The molecule has 2 atom stereocenters. The molecule has 2 unspecified atom stereocenters. The third kappa shape index (κ3) is 4.48. The van der Waals surface area contributed by atoms with Gasteiger partial charge in [-0.3, -0.25) is 9.59 Å². The highest BCUT2D eigenvalue weighted by atomic mass is 35.5. The number of benzene rings is 2. The van der Waals surface area contributed by atoms with Crippen molar-refractivity contribution in [2.45, 2.75) is 25.0 Å². The predicted molar refractivity (Wildman–Crippen MR) is 132 cm³/mol. The van der Waals surface area contributed by atoms with Crippen LogP contribution in [0.4, 0.5) is 5.69 Å². The molecule has 2 saturated heterocycles.